The van der Waals surface area contributed by atoms with Crippen molar-refractivity contribution in [3.8, 4) is 51.0 Å². The van der Waals surface area contributed by atoms with Crippen molar-refractivity contribution in [1.29, 1.82) is 0 Å². The highest BCUT2D eigenvalue weighted by atomic mass is 16.3. The van der Waals surface area contributed by atoms with Gasteiger partial charge in [0.05, 0.1) is 11.0 Å². The van der Waals surface area contributed by atoms with Crippen molar-refractivity contribution in [2.75, 3.05) is 0 Å². The number of hydrogen-bond acceptors (Lipinski definition) is 4. The van der Waals surface area contributed by atoms with E-state index in [0.717, 1.165) is 66.5 Å². The van der Waals surface area contributed by atoms with E-state index < -0.39 is 0 Å². The lowest BCUT2D eigenvalue weighted by Crippen LogP contribution is -2.00. The second-order valence-electron chi connectivity index (χ2n) is 12.5. The molecule has 3 heterocycles. The van der Waals surface area contributed by atoms with E-state index in [1.54, 1.807) is 0 Å². The highest BCUT2D eigenvalue weighted by molar-refractivity contribution is 6.21. The van der Waals surface area contributed by atoms with Crippen molar-refractivity contribution >= 4 is 43.7 Å². The molecule has 0 unspecified atom stereocenters. The molecule has 0 spiro atoms. The van der Waals surface area contributed by atoms with Gasteiger partial charge in [-0.3, -0.25) is 0 Å². The van der Waals surface area contributed by atoms with Gasteiger partial charge >= 0.3 is 0 Å². The molecule has 3 aromatic heterocycles. The van der Waals surface area contributed by atoms with Crippen molar-refractivity contribution in [2.24, 2.45) is 0 Å². The first kappa shape index (κ1) is 28.2. The molecule has 10 aromatic rings. The van der Waals surface area contributed by atoms with Gasteiger partial charge < -0.3 is 8.98 Å². The Bertz CT molecular complexity index is 2800. The molecule has 234 valence electrons. The first-order chi connectivity index (χ1) is 24.8. The first-order valence-corrected chi connectivity index (χ1v) is 16.7. The molecule has 0 amide bonds. The third-order valence-corrected chi connectivity index (χ3v) is 9.46. The highest BCUT2D eigenvalue weighted by Gasteiger charge is 2.19. The Morgan fingerprint density at radius 3 is 1.62 bits per heavy atom. The lowest BCUT2D eigenvalue weighted by atomic mass is 10.0. The molecule has 0 atom stereocenters. The van der Waals surface area contributed by atoms with Gasteiger partial charge in [0.15, 0.2) is 23.1 Å². The number of para-hydroxylation sites is 2. The molecule has 0 fully saturated rings. The molecule has 5 nitrogen and oxygen atoms in total. The molecule has 50 heavy (non-hydrogen) atoms. The summed E-state index contributed by atoms with van der Waals surface area (Å²) in [6.07, 6.45) is 0. The number of nitrogens with zero attached hydrogens (tertiary/aromatic N) is 4. The number of hydrogen-bond donors (Lipinski definition) is 0. The largest absolute Gasteiger partial charge is 0.454 e. The van der Waals surface area contributed by atoms with E-state index in [1.807, 2.05) is 72.8 Å². The molecule has 0 radical (unpaired) electrons. The summed E-state index contributed by atoms with van der Waals surface area (Å²) in [5.74, 6) is 1.94. The Hall–Kier alpha value is -6.85. The zero-order valence-electron chi connectivity index (χ0n) is 26.9. The standard InChI is InChI=1S/C45H28N4O/c1-3-12-30(13-4-1)43-46-44(31-14-5-2-6-15-31)48-45(47-43)32-24-22-29(23-25-32)33-16-11-17-34(28-33)49-39-20-9-7-18-35(39)37-26-27-38-36-19-8-10-21-40(36)50-42(38)41(37)49/h1-28H. The zero-order valence-corrected chi connectivity index (χ0v) is 26.9. The van der Waals surface area contributed by atoms with E-state index in [1.165, 1.54) is 10.8 Å². The summed E-state index contributed by atoms with van der Waals surface area (Å²) < 4.78 is 8.91. The van der Waals surface area contributed by atoms with Crippen molar-refractivity contribution in [1.82, 2.24) is 19.5 Å². The van der Waals surface area contributed by atoms with Gasteiger partial charge in [0, 0.05) is 43.9 Å². The van der Waals surface area contributed by atoms with Crippen LogP contribution < -0.4 is 0 Å². The van der Waals surface area contributed by atoms with E-state index in [-0.39, 0.29) is 0 Å². The van der Waals surface area contributed by atoms with E-state index in [4.69, 9.17) is 19.4 Å². The lowest BCUT2D eigenvalue weighted by Gasteiger charge is -2.11. The summed E-state index contributed by atoms with van der Waals surface area (Å²) in [6, 6.07) is 58.6. The minimum Gasteiger partial charge on any atom is -0.454 e. The summed E-state index contributed by atoms with van der Waals surface area (Å²) in [5.41, 5.74) is 10.1. The fourth-order valence-corrected chi connectivity index (χ4v) is 7.07. The van der Waals surface area contributed by atoms with E-state index >= 15 is 0 Å². The lowest BCUT2D eigenvalue weighted by molar-refractivity contribution is 0.671. The van der Waals surface area contributed by atoms with Gasteiger partial charge in [0.1, 0.15) is 5.58 Å². The van der Waals surface area contributed by atoms with Crippen LogP contribution in [0.5, 0.6) is 0 Å². The summed E-state index contributed by atoms with van der Waals surface area (Å²) in [7, 11) is 0. The Morgan fingerprint density at radius 1 is 0.380 bits per heavy atom. The average molecular weight is 641 g/mol. The fraction of sp³-hybridized carbons (Fsp3) is 0. The fourth-order valence-electron chi connectivity index (χ4n) is 7.07. The molecule has 0 bridgehead atoms. The number of aromatic nitrogens is 4. The maximum absolute atomic E-state index is 6.56. The number of furan rings is 1. The Balaban J connectivity index is 1.09. The maximum atomic E-state index is 6.56. The minimum atomic E-state index is 0.637. The van der Waals surface area contributed by atoms with Crippen LogP contribution in [0.2, 0.25) is 0 Å². The second kappa shape index (κ2) is 11.4. The monoisotopic (exact) mass is 640 g/mol. The van der Waals surface area contributed by atoms with Gasteiger partial charge in [-0.2, -0.15) is 0 Å². The SMILES string of the molecule is c1ccc(-c2nc(-c3ccccc3)nc(-c3ccc(-c4cccc(-n5c6ccccc6c6ccc7c8ccccc8oc7c65)c4)cc3)n2)cc1. The second-order valence-corrected chi connectivity index (χ2v) is 12.5. The number of benzene rings is 7. The van der Waals surface area contributed by atoms with Crippen molar-refractivity contribution in [2.45, 2.75) is 0 Å². The molecule has 7 aromatic carbocycles. The highest BCUT2D eigenvalue weighted by Crippen LogP contribution is 2.40. The van der Waals surface area contributed by atoms with Crippen LogP contribution in [0.4, 0.5) is 0 Å². The predicted octanol–water partition coefficient (Wildman–Crippen LogP) is 11.5. The van der Waals surface area contributed by atoms with Crippen LogP contribution >= 0.6 is 0 Å². The summed E-state index contributed by atoms with van der Waals surface area (Å²) in [4.78, 5) is 14.7. The molecule has 0 aliphatic rings. The van der Waals surface area contributed by atoms with Crippen molar-refractivity contribution in [3.63, 3.8) is 0 Å². The molecule has 0 aliphatic heterocycles. The van der Waals surface area contributed by atoms with Crippen LogP contribution in [0, 0.1) is 0 Å². The van der Waals surface area contributed by atoms with Gasteiger partial charge in [-0.05, 0) is 41.5 Å². The Kier molecular flexibility index (Phi) is 6.42. The minimum absolute atomic E-state index is 0.637. The molecular formula is C45H28N4O. The van der Waals surface area contributed by atoms with Crippen molar-refractivity contribution in [3.05, 3.63) is 170 Å². The van der Waals surface area contributed by atoms with E-state index in [0.29, 0.717) is 17.5 Å². The normalized spacial score (nSPS) is 11.6. The smallest absolute Gasteiger partial charge is 0.164 e. The molecule has 0 saturated carbocycles. The van der Waals surface area contributed by atoms with Gasteiger partial charge in [-0.15, -0.1) is 0 Å². The van der Waals surface area contributed by atoms with Gasteiger partial charge in [-0.25, -0.2) is 15.0 Å². The molecule has 0 aliphatic carbocycles. The van der Waals surface area contributed by atoms with Crippen LogP contribution in [0.25, 0.3) is 94.7 Å². The third-order valence-electron chi connectivity index (χ3n) is 9.46. The topological polar surface area (TPSA) is 56.7 Å². The van der Waals surface area contributed by atoms with Crippen LogP contribution in [0.1, 0.15) is 0 Å². The maximum Gasteiger partial charge on any atom is 0.164 e. The molecule has 0 saturated heterocycles. The molecular weight excluding hydrogens is 613 g/mol. The summed E-state index contributed by atoms with van der Waals surface area (Å²) in [5, 5.41) is 4.61. The average Bonchev–Trinajstić information content (AvgIpc) is 3.75. The Labute approximate surface area is 287 Å². The quantitative estimate of drug-likeness (QED) is 0.188. The summed E-state index contributed by atoms with van der Waals surface area (Å²) >= 11 is 0. The van der Waals surface area contributed by atoms with Gasteiger partial charge in [0.2, 0.25) is 0 Å². The van der Waals surface area contributed by atoms with Crippen LogP contribution in [0.15, 0.2) is 174 Å². The third kappa shape index (κ3) is 4.60. The van der Waals surface area contributed by atoms with E-state index in [9.17, 15) is 0 Å². The van der Waals surface area contributed by atoms with Crippen LogP contribution in [-0.4, -0.2) is 19.5 Å². The number of rotatable bonds is 5. The zero-order chi connectivity index (χ0) is 33.0. The predicted molar refractivity (Wildman–Crippen MR) is 203 cm³/mol. The van der Waals surface area contributed by atoms with E-state index in [2.05, 4.69) is 102 Å². The van der Waals surface area contributed by atoms with Gasteiger partial charge in [-0.1, -0.05) is 140 Å². The first-order valence-electron chi connectivity index (χ1n) is 16.7. The molecule has 10 rings (SSSR count). The Morgan fingerprint density at radius 2 is 0.920 bits per heavy atom. The molecule has 0 N–H and O–H groups in total. The number of fused-ring (bicyclic) bond motifs is 7. The summed E-state index contributed by atoms with van der Waals surface area (Å²) in [6.45, 7) is 0. The van der Waals surface area contributed by atoms with Crippen LogP contribution in [-0.2, 0) is 0 Å². The van der Waals surface area contributed by atoms with Crippen molar-refractivity contribution < 1.29 is 4.42 Å². The molecule has 5 heteroatoms. The van der Waals surface area contributed by atoms with Crippen LogP contribution in [0.3, 0.4) is 0 Å². The van der Waals surface area contributed by atoms with Gasteiger partial charge in [0.25, 0.3) is 0 Å².